The molecule has 3 aromatic rings. The zero-order valence-corrected chi connectivity index (χ0v) is 16.4. The topological polar surface area (TPSA) is 62.5 Å². The molecule has 6 nitrogen and oxygen atoms in total. The lowest BCUT2D eigenvalue weighted by Crippen LogP contribution is -2.44. The summed E-state index contributed by atoms with van der Waals surface area (Å²) < 4.78 is 5.29. The van der Waals surface area contributed by atoms with Gasteiger partial charge >= 0.3 is 0 Å². The Hall–Kier alpha value is -3.41. The normalized spacial score (nSPS) is 20.1. The maximum absolute atomic E-state index is 12.9. The van der Waals surface area contributed by atoms with Gasteiger partial charge in [0.25, 0.3) is 5.91 Å². The second kappa shape index (κ2) is 6.88. The molecule has 2 unspecified atom stereocenters. The van der Waals surface area contributed by atoms with Crippen molar-refractivity contribution in [3.8, 4) is 11.4 Å². The lowest BCUT2D eigenvalue weighted by atomic mass is 9.97. The molecule has 1 aromatic heterocycles. The van der Waals surface area contributed by atoms with E-state index in [1.54, 1.807) is 6.08 Å². The number of carbonyl (C=O) groups excluding carboxylic acids is 1. The Labute approximate surface area is 169 Å². The Balaban J connectivity index is 1.50. The fourth-order valence-corrected chi connectivity index (χ4v) is 4.29. The van der Waals surface area contributed by atoms with Crippen LogP contribution in [0.3, 0.4) is 0 Å². The largest absolute Gasteiger partial charge is 0.365 e. The van der Waals surface area contributed by atoms with Crippen molar-refractivity contribution in [1.29, 1.82) is 0 Å². The highest BCUT2D eigenvalue weighted by atomic mass is 16.5. The van der Waals surface area contributed by atoms with Gasteiger partial charge in [-0.2, -0.15) is 4.98 Å². The zero-order chi connectivity index (χ0) is 20.0. The summed E-state index contributed by atoms with van der Waals surface area (Å²) in [6.07, 6.45) is 5.42. The zero-order valence-electron chi connectivity index (χ0n) is 16.4. The van der Waals surface area contributed by atoms with Crippen LogP contribution in [0.1, 0.15) is 30.8 Å². The van der Waals surface area contributed by atoms with Crippen LogP contribution in [-0.4, -0.2) is 29.1 Å². The number of anilines is 2. The minimum absolute atomic E-state index is 0.00565. The molecule has 0 saturated carbocycles. The summed E-state index contributed by atoms with van der Waals surface area (Å²) >= 11 is 0. The fourth-order valence-electron chi connectivity index (χ4n) is 4.29. The second-order valence-corrected chi connectivity index (χ2v) is 7.48. The van der Waals surface area contributed by atoms with Gasteiger partial charge < -0.3 is 9.42 Å². The monoisotopic (exact) mass is 386 g/mol. The van der Waals surface area contributed by atoms with Crippen LogP contribution in [0.5, 0.6) is 0 Å². The number of hydrogen-bond donors (Lipinski definition) is 0. The number of rotatable bonds is 4. The maximum Gasteiger partial charge on any atom is 0.251 e. The molecule has 2 atom stereocenters. The van der Waals surface area contributed by atoms with Crippen molar-refractivity contribution in [3.63, 3.8) is 0 Å². The van der Waals surface area contributed by atoms with Gasteiger partial charge in [-0.3, -0.25) is 9.69 Å². The lowest BCUT2D eigenvalue weighted by molar-refractivity contribution is -0.115. The Morgan fingerprint density at radius 3 is 2.69 bits per heavy atom. The first-order chi connectivity index (χ1) is 14.2. The molecule has 0 radical (unpaired) electrons. The van der Waals surface area contributed by atoms with Crippen LogP contribution in [0.4, 0.5) is 11.4 Å². The number of hydrogen-bond acceptors (Lipinski definition) is 5. The summed E-state index contributed by atoms with van der Waals surface area (Å²) in [5.74, 6) is 1.22. The number of aromatic nitrogens is 2. The van der Waals surface area contributed by atoms with Gasteiger partial charge in [0.15, 0.2) is 0 Å². The van der Waals surface area contributed by atoms with Crippen molar-refractivity contribution in [2.45, 2.75) is 31.8 Å². The summed E-state index contributed by atoms with van der Waals surface area (Å²) in [7, 11) is 2.08. The van der Waals surface area contributed by atoms with Gasteiger partial charge in [-0.05, 0) is 36.8 Å². The first kappa shape index (κ1) is 17.7. The Morgan fingerprint density at radius 2 is 1.90 bits per heavy atom. The average molecular weight is 386 g/mol. The Kier molecular flexibility index (Phi) is 4.19. The molecule has 0 bridgehead atoms. The molecule has 0 spiro atoms. The summed E-state index contributed by atoms with van der Waals surface area (Å²) in [6.45, 7) is 2.08. The Bertz CT molecular complexity index is 1090. The molecule has 0 N–H and O–H groups in total. The quantitative estimate of drug-likeness (QED) is 0.674. The van der Waals surface area contributed by atoms with E-state index in [0.717, 1.165) is 24.1 Å². The molecule has 2 aliphatic rings. The number of carbonyl (C=O) groups is 1. The van der Waals surface area contributed by atoms with Crippen LogP contribution in [0.15, 0.2) is 65.2 Å². The molecule has 2 aliphatic heterocycles. The smallest absolute Gasteiger partial charge is 0.251 e. The molecule has 0 aliphatic carbocycles. The molecule has 2 aromatic carbocycles. The summed E-state index contributed by atoms with van der Waals surface area (Å²) in [5.41, 5.74) is 4.07. The van der Waals surface area contributed by atoms with Crippen LogP contribution in [-0.2, 0) is 11.2 Å². The maximum atomic E-state index is 12.9. The molecule has 1 amide bonds. The van der Waals surface area contributed by atoms with Gasteiger partial charge in [0.2, 0.25) is 11.7 Å². The van der Waals surface area contributed by atoms with E-state index in [1.807, 2.05) is 47.4 Å². The van der Waals surface area contributed by atoms with Gasteiger partial charge in [-0.25, -0.2) is 0 Å². The standard InChI is InChI=1S/C23H22N4O2/c1-3-6-20-24-23(25-29-20)15-9-11-16(12-10-15)27-21(28)14-13-19-22(27)17-7-4-5-8-18(17)26(19)2/h4-5,7-14,19,22H,3,6H2,1-2H3. The van der Waals surface area contributed by atoms with E-state index < -0.39 is 0 Å². The first-order valence-corrected chi connectivity index (χ1v) is 9.93. The van der Waals surface area contributed by atoms with Crippen LogP contribution < -0.4 is 9.80 Å². The molecular weight excluding hydrogens is 364 g/mol. The third-order valence-corrected chi connectivity index (χ3v) is 5.69. The summed E-state index contributed by atoms with van der Waals surface area (Å²) in [6, 6.07) is 16.2. The summed E-state index contributed by atoms with van der Waals surface area (Å²) in [5, 5.41) is 4.07. The number of aryl methyl sites for hydroxylation is 1. The molecule has 0 saturated heterocycles. The third kappa shape index (κ3) is 2.83. The van der Waals surface area contributed by atoms with Crippen molar-refractivity contribution in [1.82, 2.24) is 10.1 Å². The van der Waals surface area contributed by atoms with Crippen molar-refractivity contribution >= 4 is 17.3 Å². The van der Waals surface area contributed by atoms with Crippen molar-refractivity contribution in [3.05, 3.63) is 72.1 Å². The summed E-state index contributed by atoms with van der Waals surface area (Å²) in [4.78, 5) is 21.4. The van der Waals surface area contributed by atoms with Crippen LogP contribution >= 0.6 is 0 Å². The number of nitrogens with zero attached hydrogens (tertiary/aromatic N) is 4. The van der Waals surface area contributed by atoms with E-state index in [0.29, 0.717) is 11.7 Å². The molecule has 0 fully saturated rings. The Morgan fingerprint density at radius 1 is 1.10 bits per heavy atom. The predicted octanol–water partition coefficient (Wildman–Crippen LogP) is 4.15. The minimum atomic E-state index is -0.0408. The van der Waals surface area contributed by atoms with Crippen molar-refractivity contribution < 1.29 is 9.32 Å². The molecule has 5 rings (SSSR count). The number of amides is 1. The van der Waals surface area contributed by atoms with Gasteiger partial charge in [-0.15, -0.1) is 0 Å². The lowest BCUT2D eigenvalue weighted by Gasteiger charge is -2.36. The first-order valence-electron chi connectivity index (χ1n) is 9.93. The minimum Gasteiger partial charge on any atom is -0.365 e. The van der Waals surface area contributed by atoms with E-state index >= 15 is 0 Å². The predicted molar refractivity (Wildman–Crippen MR) is 112 cm³/mol. The highest BCUT2D eigenvalue weighted by molar-refractivity contribution is 6.04. The van der Waals surface area contributed by atoms with Crippen LogP contribution in [0.25, 0.3) is 11.4 Å². The molecule has 3 heterocycles. The number of para-hydroxylation sites is 1. The van der Waals surface area contributed by atoms with Gasteiger partial charge in [-0.1, -0.05) is 36.4 Å². The highest BCUT2D eigenvalue weighted by Crippen LogP contribution is 2.45. The van der Waals surface area contributed by atoms with Crippen LogP contribution in [0, 0.1) is 0 Å². The molecular formula is C23H22N4O2. The van der Waals surface area contributed by atoms with Gasteiger partial charge in [0, 0.05) is 42.0 Å². The number of fused-ring (bicyclic) bond motifs is 3. The van der Waals surface area contributed by atoms with E-state index in [-0.39, 0.29) is 18.0 Å². The SMILES string of the molecule is CCCc1nc(-c2ccc(N3C(=O)C=CC4C3c3ccccc3N4C)cc2)no1. The number of likely N-dealkylation sites (N-methyl/N-ethyl adjacent to an activating group) is 1. The van der Waals surface area contributed by atoms with E-state index in [1.165, 1.54) is 11.3 Å². The van der Waals surface area contributed by atoms with E-state index in [4.69, 9.17) is 4.52 Å². The van der Waals surface area contributed by atoms with Gasteiger partial charge in [0.05, 0.1) is 12.1 Å². The highest BCUT2D eigenvalue weighted by Gasteiger charge is 2.43. The molecule has 29 heavy (non-hydrogen) atoms. The van der Waals surface area contributed by atoms with Crippen molar-refractivity contribution in [2.75, 3.05) is 16.8 Å². The molecule has 6 heteroatoms. The van der Waals surface area contributed by atoms with E-state index in [2.05, 4.69) is 41.1 Å². The third-order valence-electron chi connectivity index (χ3n) is 5.69. The average Bonchev–Trinajstić information content (AvgIpc) is 3.32. The second-order valence-electron chi connectivity index (χ2n) is 7.48. The van der Waals surface area contributed by atoms with E-state index in [9.17, 15) is 4.79 Å². The van der Waals surface area contributed by atoms with Crippen molar-refractivity contribution in [2.24, 2.45) is 0 Å². The van der Waals surface area contributed by atoms with Crippen LogP contribution in [0.2, 0.25) is 0 Å². The number of benzene rings is 2. The fraction of sp³-hybridized carbons (Fsp3) is 0.261. The van der Waals surface area contributed by atoms with Gasteiger partial charge in [0.1, 0.15) is 0 Å². The molecule has 146 valence electrons.